The third kappa shape index (κ3) is 3.04. The van der Waals surface area contributed by atoms with E-state index < -0.39 is 0 Å². The predicted molar refractivity (Wildman–Crippen MR) is 103 cm³/mol. The average molecular weight is 378 g/mol. The van der Waals surface area contributed by atoms with E-state index in [4.69, 9.17) is 4.42 Å². The highest BCUT2D eigenvalue weighted by Crippen LogP contribution is 2.29. The van der Waals surface area contributed by atoms with Crippen molar-refractivity contribution in [1.82, 2.24) is 20.1 Å². The predicted octanol–water partition coefficient (Wildman–Crippen LogP) is 3.83. The van der Waals surface area contributed by atoms with Gasteiger partial charge in [-0.2, -0.15) is 0 Å². The van der Waals surface area contributed by atoms with Gasteiger partial charge in [-0.05, 0) is 29.5 Å². The normalized spacial score (nSPS) is 17.0. The summed E-state index contributed by atoms with van der Waals surface area (Å²) < 4.78 is 5.94. The van der Waals surface area contributed by atoms with Gasteiger partial charge in [-0.15, -0.1) is 21.5 Å². The van der Waals surface area contributed by atoms with Crippen LogP contribution in [0.2, 0.25) is 0 Å². The SMILES string of the molecule is O=C(c1cccs1)N1CC[C@H](c2nnc(Cc3c[nH]c4ccccc34)o2)C1. The van der Waals surface area contributed by atoms with E-state index in [1.54, 1.807) is 0 Å². The first-order valence-electron chi connectivity index (χ1n) is 8.98. The minimum Gasteiger partial charge on any atom is -0.425 e. The summed E-state index contributed by atoms with van der Waals surface area (Å²) in [4.78, 5) is 18.4. The Labute approximate surface area is 159 Å². The van der Waals surface area contributed by atoms with Gasteiger partial charge in [-0.3, -0.25) is 4.79 Å². The molecule has 1 amide bonds. The number of aromatic nitrogens is 3. The van der Waals surface area contributed by atoms with E-state index in [1.807, 2.05) is 40.7 Å². The van der Waals surface area contributed by atoms with Crippen LogP contribution in [0.4, 0.5) is 0 Å². The topological polar surface area (TPSA) is 75.0 Å². The molecule has 1 aliphatic heterocycles. The molecule has 0 saturated carbocycles. The molecule has 0 bridgehead atoms. The number of thiophene rings is 1. The molecule has 1 aromatic carbocycles. The second-order valence-corrected chi connectivity index (χ2v) is 7.73. The van der Waals surface area contributed by atoms with Crippen molar-refractivity contribution in [3.8, 4) is 0 Å². The minimum atomic E-state index is 0.0889. The third-order valence-corrected chi connectivity index (χ3v) is 5.91. The van der Waals surface area contributed by atoms with Crippen LogP contribution in [0.5, 0.6) is 0 Å². The van der Waals surface area contributed by atoms with Crippen molar-refractivity contribution < 1.29 is 9.21 Å². The molecule has 3 aromatic heterocycles. The van der Waals surface area contributed by atoms with Gasteiger partial charge in [0.1, 0.15) is 0 Å². The van der Waals surface area contributed by atoms with Crippen molar-refractivity contribution in [2.24, 2.45) is 0 Å². The van der Waals surface area contributed by atoms with Gasteiger partial charge in [0.15, 0.2) is 0 Å². The van der Waals surface area contributed by atoms with Crippen LogP contribution in [0.25, 0.3) is 10.9 Å². The summed E-state index contributed by atoms with van der Waals surface area (Å²) in [5.41, 5.74) is 2.24. The molecule has 136 valence electrons. The largest absolute Gasteiger partial charge is 0.425 e. The summed E-state index contributed by atoms with van der Waals surface area (Å²) in [6.07, 6.45) is 3.44. The number of likely N-dealkylation sites (tertiary alicyclic amines) is 1. The molecule has 1 fully saturated rings. The van der Waals surface area contributed by atoms with E-state index >= 15 is 0 Å². The highest BCUT2D eigenvalue weighted by Gasteiger charge is 2.31. The fraction of sp³-hybridized carbons (Fsp3) is 0.250. The molecule has 7 heteroatoms. The second kappa shape index (κ2) is 6.66. The lowest BCUT2D eigenvalue weighted by molar-refractivity contribution is 0.0794. The fourth-order valence-electron chi connectivity index (χ4n) is 3.65. The van der Waals surface area contributed by atoms with Crippen molar-refractivity contribution in [2.75, 3.05) is 13.1 Å². The van der Waals surface area contributed by atoms with Crippen LogP contribution in [0.3, 0.4) is 0 Å². The second-order valence-electron chi connectivity index (χ2n) is 6.78. The monoisotopic (exact) mass is 378 g/mol. The number of nitrogens with one attached hydrogen (secondary N) is 1. The maximum Gasteiger partial charge on any atom is 0.263 e. The molecule has 1 N–H and O–H groups in total. The quantitative estimate of drug-likeness (QED) is 0.586. The van der Waals surface area contributed by atoms with E-state index in [2.05, 4.69) is 27.3 Å². The van der Waals surface area contributed by atoms with Gasteiger partial charge in [0.25, 0.3) is 5.91 Å². The molecule has 1 aliphatic rings. The van der Waals surface area contributed by atoms with Crippen molar-refractivity contribution in [3.05, 3.63) is 70.2 Å². The van der Waals surface area contributed by atoms with Crippen molar-refractivity contribution in [2.45, 2.75) is 18.8 Å². The van der Waals surface area contributed by atoms with Gasteiger partial charge in [0, 0.05) is 30.2 Å². The molecule has 0 unspecified atom stereocenters. The fourth-order valence-corrected chi connectivity index (χ4v) is 4.34. The van der Waals surface area contributed by atoms with E-state index in [9.17, 15) is 4.79 Å². The number of H-pyrrole nitrogens is 1. The number of rotatable bonds is 4. The van der Waals surface area contributed by atoms with Gasteiger partial charge in [-0.1, -0.05) is 24.3 Å². The van der Waals surface area contributed by atoms with E-state index in [1.165, 1.54) is 16.7 Å². The zero-order chi connectivity index (χ0) is 18.2. The minimum absolute atomic E-state index is 0.0889. The summed E-state index contributed by atoms with van der Waals surface area (Å²) >= 11 is 1.48. The van der Waals surface area contributed by atoms with Crippen molar-refractivity contribution in [1.29, 1.82) is 0 Å². The number of carbonyl (C=O) groups excluding carboxylic acids is 1. The summed E-state index contributed by atoms with van der Waals surface area (Å²) in [6, 6.07) is 11.9. The van der Waals surface area contributed by atoms with Gasteiger partial charge in [-0.25, -0.2) is 0 Å². The molecule has 1 atom stereocenters. The smallest absolute Gasteiger partial charge is 0.263 e. The highest BCUT2D eigenvalue weighted by molar-refractivity contribution is 7.12. The van der Waals surface area contributed by atoms with Crippen molar-refractivity contribution >= 4 is 28.1 Å². The zero-order valence-corrected chi connectivity index (χ0v) is 15.4. The summed E-state index contributed by atoms with van der Waals surface area (Å²) in [6.45, 7) is 1.35. The molecule has 1 saturated heterocycles. The number of para-hydroxylation sites is 1. The Bertz CT molecular complexity index is 1080. The van der Waals surface area contributed by atoms with Gasteiger partial charge in [0.2, 0.25) is 11.8 Å². The average Bonchev–Trinajstić information content (AvgIpc) is 3.48. The van der Waals surface area contributed by atoms with Gasteiger partial charge < -0.3 is 14.3 Å². The molecule has 5 rings (SSSR count). The number of aromatic amines is 1. The summed E-state index contributed by atoms with van der Waals surface area (Å²) in [5, 5.41) is 11.6. The van der Waals surface area contributed by atoms with Crippen LogP contribution in [-0.2, 0) is 6.42 Å². The molecule has 4 heterocycles. The molecule has 6 nitrogen and oxygen atoms in total. The number of carbonyl (C=O) groups is 1. The lowest BCUT2D eigenvalue weighted by atomic mass is 10.1. The van der Waals surface area contributed by atoms with Crippen molar-refractivity contribution in [3.63, 3.8) is 0 Å². The highest BCUT2D eigenvalue weighted by atomic mass is 32.1. The molecule has 0 spiro atoms. The Hall–Kier alpha value is -2.93. The first kappa shape index (κ1) is 16.3. The molecular formula is C20H18N4O2S. The summed E-state index contributed by atoms with van der Waals surface area (Å²) in [5.74, 6) is 1.44. The Morgan fingerprint density at radius 3 is 3.07 bits per heavy atom. The Balaban J connectivity index is 1.29. The van der Waals surface area contributed by atoms with E-state index in [-0.39, 0.29) is 11.8 Å². The maximum absolute atomic E-state index is 12.5. The first-order valence-corrected chi connectivity index (χ1v) is 9.86. The van der Waals surface area contributed by atoms with Crippen LogP contribution < -0.4 is 0 Å². The molecular weight excluding hydrogens is 360 g/mol. The van der Waals surface area contributed by atoms with Crippen LogP contribution in [-0.4, -0.2) is 39.1 Å². The standard InChI is InChI=1S/C20H18N4O2S/c25-20(17-6-3-9-27-17)24-8-7-13(12-24)19-23-22-18(26-19)10-14-11-21-16-5-2-1-4-15(14)16/h1-6,9,11,13,21H,7-8,10,12H2/t13-/m0/s1. The number of hydrogen-bond acceptors (Lipinski definition) is 5. The Morgan fingerprint density at radius 1 is 1.26 bits per heavy atom. The van der Waals surface area contributed by atoms with E-state index in [0.29, 0.717) is 24.7 Å². The maximum atomic E-state index is 12.5. The zero-order valence-electron chi connectivity index (χ0n) is 14.6. The lowest BCUT2D eigenvalue weighted by Crippen LogP contribution is -2.27. The molecule has 4 aromatic rings. The molecule has 0 radical (unpaired) electrons. The van der Waals surface area contributed by atoms with Gasteiger partial charge >= 0.3 is 0 Å². The number of benzene rings is 1. The Kier molecular flexibility index (Phi) is 4.01. The van der Waals surface area contributed by atoms with Crippen LogP contribution in [0, 0.1) is 0 Å². The molecule has 0 aliphatic carbocycles. The number of nitrogens with zero attached hydrogens (tertiary/aromatic N) is 3. The van der Waals surface area contributed by atoms with Gasteiger partial charge in [0.05, 0.1) is 17.2 Å². The van der Waals surface area contributed by atoms with Crippen LogP contribution >= 0.6 is 11.3 Å². The van der Waals surface area contributed by atoms with E-state index in [0.717, 1.165) is 28.9 Å². The number of hydrogen-bond donors (Lipinski definition) is 1. The molecule has 27 heavy (non-hydrogen) atoms. The number of amides is 1. The van der Waals surface area contributed by atoms with Crippen LogP contribution in [0.15, 0.2) is 52.4 Å². The third-order valence-electron chi connectivity index (χ3n) is 5.06. The Morgan fingerprint density at radius 2 is 2.19 bits per heavy atom. The first-order chi connectivity index (χ1) is 13.3. The summed E-state index contributed by atoms with van der Waals surface area (Å²) in [7, 11) is 0. The number of fused-ring (bicyclic) bond motifs is 1. The van der Waals surface area contributed by atoms with Crippen LogP contribution in [0.1, 0.15) is 39.4 Å². The lowest BCUT2D eigenvalue weighted by Gasteiger charge is -2.14.